The van der Waals surface area contributed by atoms with Crippen LogP contribution in [0.25, 0.3) is 0 Å². The molecule has 0 N–H and O–H groups in total. The van der Waals surface area contributed by atoms with E-state index in [9.17, 15) is 8.42 Å². The molecule has 1 aliphatic heterocycles. The Hall–Kier alpha value is -2.25. The molecule has 0 bridgehead atoms. The summed E-state index contributed by atoms with van der Waals surface area (Å²) in [4.78, 5) is 4.39. The minimum absolute atomic E-state index is 0.00362. The molecule has 0 saturated heterocycles. The van der Waals surface area contributed by atoms with E-state index in [1.807, 2.05) is 30.3 Å². The highest BCUT2D eigenvalue weighted by Gasteiger charge is 2.33. The molecule has 0 atom stereocenters. The van der Waals surface area contributed by atoms with Crippen molar-refractivity contribution in [3.63, 3.8) is 0 Å². The second-order valence-corrected chi connectivity index (χ2v) is 7.91. The van der Waals surface area contributed by atoms with E-state index >= 15 is 0 Å². The van der Waals surface area contributed by atoms with Gasteiger partial charge >= 0.3 is 0 Å². The van der Waals surface area contributed by atoms with E-state index in [0.29, 0.717) is 25.3 Å². The van der Waals surface area contributed by atoms with Crippen LogP contribution in [0.4, 0.5) is 0 Å². The summed E-state index contributed by atoms with van der Waals surface area (Å²) in [7, 11) is -1.03. The quantitative estimate of drug-likeness (QED) is 0.755. The first kappa shape index (κ1) is 18.5. The fraction of sp³-hybridized carbons (Fsp3) is 0.278. The molecule has 26 heavy (non-hydrogen) atoms. The van der Waals surface area contributed by atoms with Gasteiger partial charge in [-0.2, -0.15) is 0 Å². The molecule has 138 valence electrons. The van der Waals surface area contributed by atoms with Gasteiger partial charge in [0, 0.05) is 18.6 Å². The normalized spacial score (nSPS) is 14.3. The monoisotopic (exact) mass is 394 g/mol. The second kappa shape index (κ2) is 7.55. The van der Waals surface area contributed by atoms with Gasteiger partial charge in [0.05, 0.1) is 32.3 Å². The van der Waals surface area contributed by atoms with Gasteiger partial charge in [-0.3, -0.25) is 9.30 Å². The zero-order valence-corrected chi connectivity index (χ0v) is 16.0. The van der Waals surface area contributed by atoms with Gasteiger partial charge in [-0.15, -0.1) is 0 Å². The molecule has 8 heteroatoms. The summed E-state index contributed by atoms with van der Waals surface area (Å²) in [5, 5.41) is 0.280. The highest BCUT2D eigenvalue weighted by atomic mass is 35.5. The lowest BCUT2D eigenvalue weighted by molar-refractivity contribution is 0.391. The Kier molecular flexibility index (Phi) is 5.38. The van der Waals surface area contributed by atoms with Crippen molar-refractivity contribution in [1.82, 2.24) is 4.31 Å². The predicted octanol–water partition coefficient (Wildman–Crippen LogP) is 3.00. The summed E-state index contributed by atoms with van der Waals surface area (Å²) in [5.41, 5.74) is 0.994. The predicted molar refractivity (Wildman–Crippen MR) is 101 cm³/mol. The zero-order valence-electron chi connectivity index (χ0n) is 14.5. The number of sulfonamides is 1. The number of aliphatic imine (C=N–C) groups is 1. The second-order valence-electron chi connectivity index (χ2n) is 5.68. The smallest absolute Gasteiger partial charge is 0.269 e. The fourth-order valence-corrected chi connectivity index (χ4v) is 4.65. The Morgan fingerprint density at radius 1 is 1.12 bits per heavy atom. The lowest BCUT2D eigenvalue weighted by Gasteiger charge is -2.22. The van der Waals surface area contributed by atoms with Crippen LogP contribution in [-0.2, 0) is 16.4 Å². The molecule has 0 aliphatic carbocycles. The van der Waals surface area contributed by atoms with E-state index in [1.54, 1.807) is 0 Å². The number of benzene rings is 2. The average molecular weight is 395 g/mol. The lowest BCUT2D eigenvalue weighted by atomic mass is 10.1. The maximum absolute atomic E-state index is 13.3. The van der Waals surface area contributed by atoms with Crippen LogP contribution in [0, 0.1) is 0 Å². The molecule has 1 aliphatic rings. The molecule has 0 aromatic heterocycles. The van der Waals surface area contributed by atoms with Gasteiger partial charge in [0.1, 0.15) is 22.2 Å². The van der Waals surface area contributed by atoms with Crippen LogP contribution in [-0.4, -0.2) is 45.9 Å². The Labute approximate surface area is 158 Å². The summed E-state index contributed by atoms with van der Waals surface area (Å²) < 4.78 is 38.3. The van der Waals surface area contributed by atoms with Crippen LogP contribution < -0.4 is 9.47 Å². The molecule has 2 aromatic rings. The highest BCUT2D eigenvalue weighted by molar-refractivity contribution is 7.89. The van der Waals surface area contributed by atoms with Crippen molar-refractivity contribution in [1.29, 1.82) is 0 Å². The van der Waals surface area contributed by atoms with Gasteiger partial charge in [-0.25, -0.2) is 8.42 Å². The number of hydrogen-bond donors (Lipinski definition) is 0. The van der Waals surface area contributed by atoms with Gasteiger partial charge in [-0.1, -0.05) is 41.9 Å². The third-order valence-corrected chi connectivity index (χ3v) is 6.24. The first-order chi connectivity index (χ1) is 12.5. The van der Waals surface area contributed by atoms with E-state index in [1.165, 1.54) is 30.7 Å². The van der Waals surface area contributed by atoms with Crippen LogP contribution in [0.15, 0.2) is 52.4 Å². The van der Waals surface area contributed by atoms with Gasteiger partial charge in [-0.05, 0) is 5.56 Å². The lowest BCUT2D eigenvalue weighted by Crippen LogP contribution is -2.35. The fourth-order valence-electron chi connectivity index (χ4n) is 2.81. The molecule has 3 rings (SSSR count). The number of hydrogen-bond acceptors (Lipinski definition) is 5. The van der Waals surface area contributed by atoms with Crippen LogP contribution in [0.5, 0.6) is 11.5 Å². The molecule has 0 unspecified atom stereocenters. The molecule has 0 fully saturated rings. The molecule has 2 aromatic carbocycles. The highest BCUT2D eigenvalue weighted by Crippen LogP contribution is 2.37. The van der Waals surface area contributed by atoms with Crippen LogP contribution in [0.3, 0.4) is 0 Å². The number of rotatable bonds is 6. The van der Waals surface area contributed by atoms with Crippen LogP contribution >= 0.6 is 11.6 Å². The maximum atomic E-state index is 13.3. The van der Waals surface area contributed by atoms with E-state index in [2.05, 4.69) is 4.99 Å². The Morgan fingerprint density at radius 2 is 1.81 bits per heavy atom. The number of ether oxygens (including phenoxy) is 2. The molecule has 0 radical (unpaired) electrons. The zero-order chi connectivity index (χ0) is 18.7. The molecule has 0 spiro atoms. The van der Waals surface area contributed by atoms with Crippen molar-refractivity contribution >= 4 is 27.5 Å². The van der Waals surface area contributed by atoms with Gasteiger partial charge in [0.15, 0.2) is 0 Å². The Balaban J connectivity index is 1.99. The molecule has 6 nitrogen and oxygen atoms in total. The van der Waals surface area contributed by atoms with Crippen molar-refractivity contribution < 1.29 is 17.9 Å². The standard InChI is InChI=1S/C18H19ClN2O4S/c1-24-15-12-17(16(25-2)11-14(15)19)26(22,23)21-9-8-20-18(21)10-13-6-4-3-5-7-13/h3-7,11-12H,8-10H2,1-2H3. The van der Waals surface area contributed by atoms with Crippen LogP contribution in [0.2, 0.25) is 5.02 Å². The van der Waals surface area contributed by atoms with Crippen molar-refractivity contribution in [3.05, 3.63) is 53.1 Å². The SMILES string of the molecule is COc1cc(S(=O)(=O)N2CCN=C2Cc2ccccc2)c(OC)cc1Cl. The first-order valence-electron chi connectivity index (χ1n) is 7.99. The van der Waals surface area contributed by atoms with Gasteiger partial charge < -0.3 is 9.47 Å². The van der Waals surface area contributed by atoms with E-state index in [4.69, 9.17) is 21.1 Å². The number of methoxy groups -OCH3 is 2. The average Bonchev–Trinajstić information content (AvgIpc) is 3.11. The van der Waals surface area contributed by atoms with E-state index in [0.717, 1.165) is 5.56 Å². The molecular weight excluding hydrogens is 376 g/mol. The number of amidine groups is 1. The summed E-state index contributed by atoms with van der Waals surface area (Å²) in [6, 6.07) is 12.5. The van der Waals surface area contributed by atoms with Crippen molar-refractivity contribution in [3.8, 4) is 11.5 Å². The minimum atomic E-state index is -3.86. The molecular formula is C18H19ClN2O4S. The Bertz CT molecular complexity index is 930. The largest absolute Gasteiger partial charge is 0.495 e. The number of halogens is 1. The van der Waals surface area contributed by atoms with E-state index in [-0.39, 0.29) is 21.4 Å². The first-order valence-corrected chi connectivity index (χ1v) is 9.80. The maximum Gasteiger partial charge on any atom is 0.269 e. The van der Waals surface area contributed by atoms with Crippen molar-refractivity contribution in [2.45, 2.75) is 11.3 Å². The molecule has 0 amide bonds. The summed E-state index contributed by atoms with van der Waals surface area (Å²) in [6.45, 7) is 0.715. The topological polar surface area (TPSA) is 68.2 Å². The van der Waals surface area contributed by atoms with Gasteiger partial charge in [0.25, 0.3) is 10.0 Å². The number of nitrogens with zero attached hydrogens (tertiary/aromatic N) is 2. The molecule has 1 heterocycles. The summed E-state index contributed by atoms with van der Waals surface area (Å²) in [5.74, 6) is 0.945. The third-order valence-electron chi connectivity index (χ3n) is 4.10. The van der Waals surface area contributed by atoms with Gasteiger partial charge in [0.2, 0.25) is 0 Å². The summed E-state index contributed by atoms with van der Waals surface area (Å²) in [6.07, 6.45) is 0.438. The Morgan fingerprint density at radius 3 is 2.46 bits per heavy atom. The van der Waals surface area contributed by atoms with Crippen molar-refractivity contribution in [2.75, 3.05) is 27.3 Å². The molecule has 0 saturated carbocycles. The van der Waals surface area contributed by atoms with E-state index < -0.39 is 10.0 Å². The van der Waals surface area contributed by atoms with Crippen LogP contribution in [0.1, 0.15) is 5.56 Å². The summed E-state index contributed by atoms with van der Waals surface area (Å²) >= 11 is 6.09. The third kappa shape index (κ3) is 3.50. The minimum Gasteiger partial charge on any atom is -0.495 e. The van der Waals surface area contributed by atoms with Crippen molar-refractivity contribution in [2.24, 2.45) is 4.99 Å².